The Morgan fingerprint density at radius 2 is 1.68 bits per heavy atom. The first kappa shape index (κ1) is 14.4. The molecule has 5 rings (SSSR count). The van der Waals surface area contributed by atoms with Crippen LogP contribution in [0.3, 0.4) is 0 Å². The summed E-state index contributed by atoms with van der Waals surface area (Å²) < 4.78 is 1.87. The SMILES string of the molecule is C/C(c1cc2cccc3ccc4cccc1c4c32)=[N+]1/CC(C)C([O-])=N1. The van der Waals surface area contributed by atoms with E-state index in [1.807, 2.05) is 11.6 Å². The lowest BCUT2D eigenvalue weighted by Gasteiger charge is -2.13. The Morgan fingerprint density at radius 3 is 2.40 bits per heavy atom. The number of hydrogen-bond donors (Lipinski definition) is 0. The maximum Gasteiger partial charge on any atom is 0.213 e. The molecule has 0 radical (unpaired) electrons. The van der Waals surface area contributed by atoms with Crippen molar-refractivity contribution in [2.45, 2.75) is 13.8 Å². The summed E-state index contributed by atoms with van der Waals surface area (Å²) in [5.74, 6) is -0.0675. The Bertz CT molecular complexity index is 1200. The third kappa shape index (κ3) is 1.99. The van der Waals surface area contributed by atoms with Crippen molar-refractivity contribution in [1.29, 1.82) is 0 Å². The highest BCUT2D eigenvalue weighted by Gasteiger charge is 2.25. The Labute approximate surface area is 145 Å². The predicted molar refractivity (Wildman–Crippen MR) is 102 cm³/mol. The van der Waals surface area contributed by atoms with Crippen LogP contribution in [-0.4, -0.2) is 22.8 Å². The van der Waals surface area contributed by atoms with Gasteiger partial charge in [-0.1, -0.05) is 60.1 Å². The van der Waals surface area contributed by atoms with Crippen LogP contribution in [0.1, 0.15) is 19.4 Å². The summed E-state index contributed by atoms with van der Waals surface area (Å²) in [6.45, 7) is 4.66. The van der Waals surface area contributed by atoms with Crippen molar-refractivity contribution in [3.8, 4) is 0 Å². The van der Waals surface area contributed by atoms with Gasteiger partial charge in [-0.25, -0.2) is 0 Å². The number of benzene rings is 4. The first-order chi connectivity index (χ1) is 12.1. The second-order valence-electron chi connectivity index (χ2n) is 6.98. The molecule has 0 spiro atoms. The molecule has 3 nitrogen and oxygen atoms in total. The fourth-order valence-corrected chi connectivity index (χ4v) is 4.01. The number of nitrogens with zero attached hydrogens (tertiary/aromatic N) is 2. The standard InChI is InChI=1S/C22H18N2O/c1-13-12-24(23-22(13)25)14(2)19-11-17-7-3-5-15-9-10-16-6-4-8-18(19)21(16)20(15)17/h3-11,13H,12H2,1-2H3/b24-14+. The van der Waals surface area contributed by atoms with Gasteiger partial charge in [-0.3, -0.25) is 0 Å². The Morgan fingerprint density at radius 1 is 1.00 bits per heavy atom. The van der Waals surface area contributed by atoms with E-state index in [4.69, 9.17) is 0 Å². The second kappa shape index (κ2) is 5.03. The van der Waals surface area contributed by atoms with Crippen LogP contribution in [0.25, 0.3) is 32.3 Å². The fraction of sp³-hybridized carbons (Fsp3) is 0.182. The zero-order valence-corrected chi connectivity index (χ0v) is 14.3. The molecule has 1 atom stereocenters. The predicted octanol–water partition coefficient (Wildman–Crippen LogP) is 3.73. The van der Waals surface area contributed by atoms with Crippen LogP contribution in [0.5, 0.6) is 0 Å². The molecule has 4 aromatic carbocycles. The summed E-state index contributed by atoms with van der Waals surface area (Å²) in [5.41, 5.74) is 2.19. The first-order valence-electron chi connectivity index (χ1n) is 8.67. The maximum atomic E-state index is 11.9. The molecule has 4 aromatic rings. The van der Waals surface area contributed by atoms with Crippen molar-refractivity contribution < 1.29 is 9.79 Å². The summed E-state index contributed by atoms with van der Waals surface area (Å²) in [4.78, 5) is 0. The summed E-state index contributed by atoms with van der Waals surface area (Å²) in [6.07, 6.45) is 0. The molecule has 122 valence electrons. The molecule has 0 bridgehead atoms. The van der Waals surface area contributed by atoms with Crippen molar-refractivity contribution in [2.75, 3.05) is 6.54 Å². The summed E-state index contributed by atoms with van der Waals surface area (Å²) in [6, 6.07) is 19.5. The molecule has 1 aliphatic rings. The summed E-state index contributed by atoms with van der Waals surface area (Å²) in [7, 11) is 0. The van der Waals surface area contributed by atoms with Crippen molar-refractivity contribution in [1.82, 2.24) is 0 Å². The monoisotopic (exact) mass is 326 g/mol. The lowest BCUT2D eigenvalue weighted by Crippen LogP contribution is -2.23. The van der Waals surface area contributed by atoms with Crippen LogP contribution < -0.4 is 5.11 Å². The van der Waals surface area contributed by atoms with Crippen molar-refractivity contribution >= 4 is 43.9 Å². The number of hydrogen-bond acceptors (Lipinski definition) is 2. The van der Waals surface area contributed by atoms with Crippen LogP contribution in [0.15, 0.2) is 59.7 Å². The minimum atomic E-state index is -0.0364. The van der Waals surface area contributed by atoms with Gasteiger partial charge in [-0.15, -0.1) is 0 Å². The third-order valence-electron chi connectivity index (χ3n) is 5.37. The summed E-state index contributed by atoms with van der Waals surface area (Å²) >= 11 is 0. The van der Waals surface area contributed by atoms with Crippen molar-refractivity contribution in [3.05, 3.63) is 60.2 Å². The highest BCUT2D eigenvalue weighted by atomic mass is 16.3. The van der Waals surface area contributed by atoms with E-state index >= 15 is 0 Å². The zero-order valence-electron chi connectivity index (χ0n) is 14.3. The first-order valence-corrected chi connectivity index (χ1v) is 8.67. The molecule has 0 saturated heterocycles. The number of rotatable bonds is 1. The highest BCUT2D eigenvalue weighted by Crippen LogP contribution is 2.36. The van der Waals surface area contributed by atoms with E-state index in [1.54, 1.807) is 0 Å². The molecule has 0 fully saturated rings. The van der Waals surface area contributed by atoms with Gasteiger partial charge in [0.15, 0.2) is 6.54 Å². The van der Waals surface area contributed by atoms with E-state index in [2.05, 4.69) is 66.6 Å². The topological polar surface area (TPSA) is 38.4 Å². The van der Waals surface area contributed by atoms with Crippen molar-refractivity contribution in [2.24, 2.45) is 11.0 Å². The molecule has 3 heteroatoms. The van der Waals surface area contributed by atoms with Crippen molar-refractivity contribution in [3.63, 3.8) is 0 Å². The molecule has 0 amide bonds. The molecular weight excluding hydrogens is 308 g/mol. The smallest absolute Gasteiger partial charge is 0.213 e. The van der Waals surface area contributed by atoms with Crippen LogP contribution in [-0.2, 0) is 0 Å². The average Bonchev–Trinajstić information content (AvgIpc) is 2.98. The molecule has 1 aliphatic heterocycles. The molecule has 0 N–H and O–H groups in total. The third-order valence-corrected chi connectivity index (χ3v) is 5.37. The molecule has 1 unspecified atom stereocenters. The molecule has 25 heavy (non-hydrogen) atoms. The quantitative estimate of drug-likeness (QED) is 0.388. The van der Waals surface area contributed by atoms with Gasteiger partial charge in [0.05, 0.1) is 11.5 Å². The van der Waals surface area contributed by atoms with Gasteiger partial charge in [0.1, 0.15) is 0 Å². The van der Waals surface area contributed by atoms with Gasteiger partial charge in [0, 0.05) is 12.8 Å². The average molecular weight is 326 g/mol. The van der Waals surface area contributed by atoms with Crippen LogP contribution in [0, 0.1) is 5.92 Å². The normalized spacial score (nSPS) is 19.9. The Hall–Kier alpha value is -2.94. The fourth-order valence-electron chi connectivity index (χ4n) is 4.01. The van der Waals surface area contributed by atoms with Gasteiger partial charge < -0.3 is 5.11 Å². The summed E-state index contributed by atoms with van der Waals surface area (Å²) in [5, 5.41) is 23.7. The van der Waals surface area contributed by atoms with Crippen LogP contribution in [0.2, 0.25) is 0 Å². The Kier molecular flexibility index (Phi) is 2.90. The lowest BCUT2D eigenvalue weighted by molar-refractivity contribution is -0.527. The minimum Gasteiger partial charge on any atom is -0.857 e. The van der Waals surface area contributed by atoms with Gasteiger partial charge in [0.25, 0.3) is 0 Å². The lowest BCUT2D eigenvalue weighted by atomic mass is 9.90. The van der Waals surface area contributed by atoms with E-state index in [0.717, 1.165) is 11.3 Å². The van der Waals surface area contributed by atoms with Crippen LogP contribution >= 0.6 is 0 Å². The maximum absolute atomic E-state index is 11.9. The molecule has 1 heterocycles. The van der Waals surface area contributed by atoms with E-state index in [1.165, 1.54) is 32.3 Å². The van der Waals surface area contributed by atoms with E-state index in [9.17, 15) is 5.11 Å². The molecule has 0 aliphatic carbocycles. The zero-order chi connectivity index (χ0) is 17.1. The van der Waals surface area contributed by atoms with E-state index in [-0.39, 0.29) is 11.8 Å². The van der Waals surface area contributed by atoms with Gasteiger partial charge in [-0.2, -0.15) is 0 Å². The highest BCUT2D eigenvalue weighted by molar-refractivity contribution is 6.27. The minimum absolute atomic E-state index is 0.0310. The molecule has 0 saturated carbocycles. The number of hydrazone groups is 1. The molecular formula is C22H18N2O. The Balaban J connectivity index is 1.92. The van der Waals surface area contributed by atoms with E-state index in [0.29, 0.717) is 6.54 Å². The van der Waals surface area contributed by atoms with Crippen LogP contribution in [0.4, 0.5) is 0 Å². The van der Waals surface area contributed by atoms with E-state index < -0.39 is 0 Å². The largest absolute Gasteiger partial charge is 0.857 e. The second-order valence-corrected chi connectivity index (χ2v) is 6.98. The van der Waals surface area contributed by atoms with Gasteiger partial charge in [0.2, 0.25) is 5.71 Å². The van der Waals surface area contributed by atoms with Gasteiger partial charge in [-0.05, 0) is 43.5 Å². The van der Waals surface area contributed by atoms with Gasteiger partial charge >= 0.3 is 0 Å². The molecule has 0 aromatic heterocycles.